The summed E-state index contributed by atoms with van der Waals surface area (Å²) in [6.07, 6.45) is 2.15. The van der Waals surface area contributed by atoms with Crippen LogP contribution in [-0.2, 0) is 9.59 Å². The molecule has 2 amide bonds. The molecule has 3 rings (SSSR count). The van der Waals surface area contributed by atoms with Gasteiger partial charge in [-0.1, -0.05) is 29.5 Å². The topological polar surface area (TPSA) is 106 Å². The van der Waals surface area contributed by atoms with E-state index in [0.29, 0.717) is 16.8 Å². The summed E-state index contributed by atoms with van der Waals surface area (Å²) in [6.45, 7) is 3.72. The summed E-state index contributed by atoms with van der Waals surface area (Å²) in [5.41, 5.74) is 1.82. The van der Waals surface area contributed by atoms with Gasteiger partial charge in [-0.15, -0.1) is 10.2 Å². The first-order valence-electron chi connectivity index (χ1n) is 8.83. The molecule has 1 saturated carbocycles. The summed E-state index contributed by atoms with van der Waals surface area (Å²) in [5.74, 6) is 6.76. The molecule has 1 aromatic carbocycles. The van der Waals surface area contributed by atoms with E-state index in [0.717, 1.165) is 24.2 Å². The zero-order valence-corrected chi connectivity index (χ0v) is 16.5. The van der Waals surface area contributed by atoms with E-state index in [-0.39, 0.29) is 18.4 Å². The number of nitrogens with zero attached hydrogens (tertiary/aromatic N) is 4. The molecule has 144 valence electrons. The number of rotatable bonds is 7. The van der Waals surface area contributed by atoms with Crippen LogP contribution in [0.2, 0.25) is 0 Å². The van der Waals surface area contributed by atoms with Crippen LogP contribution in [0.25, 0.3) is 0 Å². The molecule has 1 aliphatic rings. The van der Waals surface area contributed by atoms with Crippen LogP contribution in [0.1, 0.15) is 37.1 Å². The van der Waals surface area contributed by atoms with Gasteiger partial charge in [0.25, 0.3) is 0 Å². The van der Waals surface area contributed by atoms with Crippen molar-refractivity contribution in [3.63, 3.8) is 0 Å². The Bertz CT molecular complexity index is 831. The first-order valence-corrected chi connectivity index (χ1v) is 9.71. The van der Waals surface area contributed by atoms with Crippen LogP contribution in [0.5, 0.6) is 0 Å². The van der Waals surface area contributed by atoms with Crippen molar-refractivity contribution >= 4 is 29.3 Å². The van der Waals surface area contributed by atoms with Gasteiger partial charge in [-0.3, -0.25) is 9.59 Å². The molecule has 0 radical (unpaired) electrons. The van der Waals surface area contributed by atoms with Gasteiger partial charge < -0.3 is 16.1 Å². The molecule has 9 heteroatoms. The number of carbonyl (C=O) groups is 2. The maximum Gasteiger partial charge on any atom is 0.243 e. The van der Waals surface area contributed by atoms with Crippen LogP contribution in [-0.4, -0.2) is 50.4 Å². The molecular weight excluding hydrogens is 364 g/mol. The number of aryl methyl sites for hydroxylation is 1. The second kappa shape index (κ2) is 7.99. The standard InChI is InChI=1S/C18H24N6O2S/c1-11-4-8-14(9-5-11)20-15(25)10-23(3)17(26)12(2)27-18-22-21-16(24(18)19)13-6-7-13/h4-5,8-9,12-13H,6-7,10,19H2,1-3H3,(H,20,25)/t12-/m1/s1. The highest BCUT2D eigenvalue weighted by Crippen LogP contribution is 2.39. The van der Waals surface area contributed by atoms with Crippen molar-refractivity contribution in [3.05, 3.63) is 35.7 Å². The number of likely N-dealkylation sites (N-methyl/N-ethyl adjacent to an activating group) is 1. The van der Waals surface area contributed by atoms with Crippen molar-refractivity contribution in [3.8, 4) is 0 Å². The highest BCUT2D eigenvalue weighted by atomic mass is 32.2. The van der Waals surface area contributed by atoms with Crippen LogP contribution in [0.15, 0.2) is 29.4 Å². The first-order chi connectivity index (χ1) is 12.8. The summed E-state index contributed by atoms with van der Waals surface area (Å²) in [6, 6.07) is 7.50. The highest BCUT2D eigenvalue weighted by Gasteiger charge is 2.31. The van der Waals surface area contributed by atoms with Gasteiger partial charge in [0.2, 0.25) is 17.0 Å². The molecule has 0 saturated heterocycles. The van der Waals surface area contributed by atoms with E-state index in [2.05, 4.69) is 15.5 Å². The molecule has 0 aliphatic heterocycles. The molecule has 1 aliphatic carbocycles. The lowest BCUT2D eigenvalue weighted by atomic mass is 10.2. The van der Waals surface area contributed by atoms with Gasteiger partial charge in [-0.05, 0) is 38.8 Å². The number of hydrogen-bond acceptors (Lipinski definition) is 6. The number of aromatic nitrogens is 3. The lowest BCUT2D eigenvalue weighted by Gasteiger charge is -2.20. The largest absolute Gasteiger partial charge is 0.336 e. The van der Waals surface area contributed by atoms with Crippen LogP contribution < -0.4 is 11.2 Å². The maximum absolute atomic E-state index is 12.6. The van der Waals surface area contributed by atoms with Gasteiger partial charge in [0.15, 0.2) is 5.82 Å². The van der Waals surface area contributed by atoms with E-state index >= 15 is 0 Å². The second-order valence-electron chi connectivity index (χ2n) is 6.85. The van der Waals surface area contributed by atoms with Crippen LogP contribution in [0.4, 0.5) is 5.69 Å². The molecule has 1 atom stereocenters. The quantitative estimate of drug-likeness (QED) is 0.553. The van der Waals surface area contributed by atoms with Gasteiger partial charge in [0.05, 0.1) is 11.8 Å². The van der Waals surface area contributed by atoms with Crippen LogP contribution >= 0.6 is 11.8 Å². The second-order valence-corrected chi connectivity index (χ2v) is 8.16. The predicted molar refractivity (Wildman–Crippen MR) is 105 cm³/mol. The number of amides is 2. The van der Waals surface area contributed by atoms with Gasteiger partial charge >= 0.3 is 0 Å². The Morgan fingerprint density at radius 3 is 2.63 bits per heavy atom. The summed E-state index contributed by atoms with van der Waals surface area (Å²) >= 11 is 1.25. The average Bonchev–Trinajstić information content (AvgIpc) is 3.41. The minimum atomic E-state index is -0.430. The van der Waals surface area contributed by atoms with E-state index in [1.165, 1.54) is 21.3 Å². The summed E-state index contributed by atoms with van der Waals surface area (Å²) in [4.78, 5) is 26.1. The maximum atomic E-state index is 12.6. The average molecular weight is 388 g/mol. The zero-order valence-electron chi connectivity index (χ0n) is 15.7. The number of nitrogens with two attached hydrogens (primary N) is 1. The summed E-state index contributed by atoms with van der Waals surface area (Å²) in [5, 5.41) is 11.1. The predicted octanol–water partition coefficient (Wildman–Crippen LogP) is 1.76. The Morgan fingerprint density at radius 1 is 1.33 bits per heavy atom. The normalized spacial score (nSPS) is 14.6. The number of anilines is 1. The van der Waals surface area contributed by atoms with Crippen molar-refractivity contribution in [2.24, 2.45) is 0 Å². The Balaban J connectivity index is 1.52. The van der Waals surface area contributed by atoms with Crippen molar-refractivity contribution in [1.29, 1.82) is 0 Å². The fourth-order valence-electron chi connectivity index (χ4n) is 2.64. The number of hydrogen-bond donors (Lipinski definition) is 2. The van der Waals surface area contributed by atoms with Gasteiger partial charge in [0, 0.05) is 18.7 Å². The van der Waals surface area contributed by atoms with Crippen molar-refractivity contribution < 1.29 is 9.59 Å². The fraction of sp³-hybridized carbons (Fsp3) is 0.444. The minimum absolute atomic E-state index is 0.0275. The Hall–Kier alpha value is -2.55. The molecule has 1 fully saturated rings. The fourth-order valence-corrected chi connectivity index (χ4v) is 3.53. The third kappa shape index (κ3) is 4.79. The van der Waals surface area contributed by atoms with Crippen LogP contribution in [0.3, 0.4) is 0 Å². The molecule has 0 spiro atoms. The van der Waals surface area contributed by atoms with E-state index in [9.17, 15) is 9.59 Å². The number of carbonyl (C=O) groups excluding carboxylic acids is 2. The number of benzene rings is 1. The first kappa shape index (κ1) is 19.2. The molecule has 0 unspecified atom stereocenters. The van der Waals surface area contributed by atoms with Crippen molar-refractivity contribution in [2.45, 2.75) is 43.0 Å². The number of nitrogen functional groups attached to an aromatic ring is 1. The molecule has 27 heavy (non-hydrogen) atoms. The zero-order chi connectivity index (χ0) is 19.6. The lowest BCUT2D eigenvalue weighted by molar-refractivity contribution is -0.132. The van der Waals surface area contributed by atoms with E-state index in [1.54, 1.807) is 14.0 Å². The monoisotopic (exact) mass is 388 g/mol. The van der Waals surface area contributed by atoms with Gasteiger partial charge in [0.1, 0.15) is 0 Å². The molecular formula is C18H24N6O2S. The molecule has 8 nitrogen and oxygen atoms in total. The van der Waals surface area contributed by atoms with E-state index in [4.69, 9.17) is 5.84 Å². The molecule has 2 aromatic rings. The van der Waals surface area contributed by atoms with Gasteiger partial charge in [-0.25, -0.2) is 4.68 Å². The lowest BCUT2D eigenvalue weighted by Crippen LogP contribution is -2.39. The third-order valence-corrected chi connectivity index (χ3v) is 5.40. The van der Waals surface area contributed by atoms with Gasteiger partial charge in [-0.2, -0.15) is 0 Å². The summed E-state index contributed by atoms with van der Waals surface area (Å²) < 4.78 is 1.47. The number of thioether (sulfide) groups is 1. The number of nitrogens with one attached hydrogen (secondary N) is 1. The van der Waals surface area contributed by atoms with E-state index < -0.39 is 5.25 Å². The SMILES string of the molecule is Cc1ccc(NC(=O)CN(C)C(=O)[C@@H](C)Sc2nnc(C3CC3)n2N)cc1. The Kier molecular flexibility index (Phi) is 5.69. The molecule has 0 bridgehead atoms. The smallest absolute Gasteiger partial charge is 0.243 e. The van der Waals surface area contributed by atoms with E-state index in [1.807, 2.05) is 31.2 Å². The third-order valence-electron chi connectivity index (χ3n) is 4.36. The molecule has 1 heterocycles. The van der Waals surface area contributed by atoms with Crippen molar-refractivity contribution in [2.75, 3.05) is 24.8 Å². The highest BCUT2D eigenvalue weighted by molar-refractivity contribution is 8.00. The van der Waals surface area contributed by atoms with Crippen molar-refractivity contribution in [1.82, 2.24) is 19.8 Å². The minimum Gasteiger partial charge on any atom is -0.336 e. The van der Waals surface area contributed by atoms with Crippen LogP contribution in [0, 0.1) is 6.92 Å². The Morgan fingerprint density at radius 2 is 2.00 bits per heavy atom. The molecule has 1 aromatic heterocycles. The summed E-state index contributed by atoms with van der Waals surface area (Å²) in [7, 11) is 1.61. The Labute approximate surface area is 162 Å². The molecule has 3 N–H and O–H groups in total.